The van der Waals surface area contributed by atoms with E-state index < -0.39 is 0 Å². The minimum absolute atomic E-state index is 0.714. The summed E-state index contributed by atoms with van der Waals surface area (Å²) in [6.07, 6.45) is 0.858. The SMILES string of the molecule is COc1nc2ccc(Br)cc2cc1Cc1ccc(C)s1. The van der Waals surface area contributed by atoms with Gasteiger partial charge < -0.3 is 4.74 Å². The van der Waals surface area contributed by atoms with E-state index in [2.05, 4.69) is 52.1 Å². The monoisotopic (exact) mass is 347 g/mol. The van der Waals surface area contributed by atoms with Crippen LogP contribution in [0, 0.1) is 6.92 Å². The zero-order valence-corrected chi connectivity index (χ0v) is 13.7. The van der Waals surface area contributed by atoms with Gasteiger partial charge >= 0.3 is 0 Å². The van der Waals surface area contributed by atoms with Crippen molar-refractivity contribution in [1.29, 1.82) is 0 Å². The molecule has 3 rings (SSSR count). The van der Waals surface area contributed by atoms with Gasteiger partial charge in [0.2, 0.25) is 5.88 Å². The van der Waals surface area contributed by atoms with Gasteiger partial charge in [0.15, 0.2) is 0 Å². The first-order chi connectivity index (χ1) is 9.65. The molecule has 0 amide bonds. The van der Waals surface area contributed by atoms with Crippen molar-refractivity contribution in [3.05, 3.63) is 56.2 Å². The van der Waals surface area contributed by atoms with Gasteiger partial charge in [0, 0.05) is 31.6 Å². The molecule has 0 spiro atoms. The van der Waals surface area contributed by atoms with E-state index in [0.717, 1.165) is 27.4 Å². The fourth-order valence-corrected chi connectivity index (χ4v) is 3.54. The van der Waals surface area contributed by atoms with Crippen LogP contribution in [-0.2, 0) is 6.42 Å². The van der Waals surface area contributed by atoms with Crippen LogP contribution in [0.4, 0.5) is 0 Å². The smallest absolute Gasteiger partial charge is 0.217 e. The molecule has 0 saturated carbocycles. The number of methoxy groups -OCH3 is 1. The second kappa shape index (κ2) is 5.54. The van der Waals surface area contributed by atoms with Crippen LogP contribution in [0.2, 0.25) is 0 Å². The van der Waals surface area contributed by atoms with Crippen molar-refractivity contribution in [2.45, 2.75) is 13.3 Å². The number of halogens is 1. The Bertz CT molecular complexity index is 766. The van der Waals surface area contributed by atoms with Crippen LogP contribution >= 0.6 is 27.3 Å². The summed E-state index contributed by atoms with van der Waals surface area (Å²) in [5, 5.41) is 1.13. The van der Waals surface area contributed by atoms with Gasteiger partial charge in [-0.2, -0.15) is 0 Å². The molecule has 0 saturated heterocycles. The molecule has 0 N–H and O–H groups in total. The summed E-state index contributed by atoms with van der Waals surface area (Å²) in [7, 11) is 1.68. The molecule has 0 aliphatic heterocycles. The first kappa shape index (κ1) is 13.6. The standard InChI is InChI=1S/C16H14BrNOS/c1-10-3-5-14(20-10)9-12-7-11-8-13(17)4-6-15(11)18-16(12)19-2/h3-8H,9H2,1-2H3. The first-order valence-electron chi connectivity index (χ1n) is 6.34. The highest BCUT2D eigenvalue weighted by atomic mass is 79.9. The van der Waals surface area contributed by atoms with E-state index in [1.807, 2.05) is 23.5 Å². The Morgan fingerprint density at radius 3 is 2.75 bits per heavy atom. The zero-order valence-electron chi connectivity index (χ0n) is 11.3. The highest BCUT2D eigenvalue weighted by molar-refractivity contribution is 9.10. The van der Waals surface area contributed by atoms with E-state index in [9.17, 15) is 0 Å². The second-order valence-corrected chi connectivity index (χ2v) is 6.97. The predicted octanol–water partition coefficient (Wildman–Crippen LogP) is 4.97. The number of fused-ring (bicyclic) bond motifs is 1. The summed E-state index contributed by atoms with van der Waals surface area (Å²) < 4.78 is 6.51. The van der Waals surface area contributed by atoms with Crippen LogP contribution < -0.4 is 4.74 Å². The van der Waals surface area contributed by atoms with E-state index in [-0.39, 0.29) is 0 Å². The molecule has 2 nitrogen and oxygen atoms in total. The highest BCUT2D eigenvalue weighted by Gasteiger charge is 2.09. The van der Waals surface area contributed by atoms with Gasteiger partial charge in [-0.05, 0) is 43.3 Å². The quantitative estimate of drug-likeness (QED) is 0.667. The van der Waals surface area contributed by atoms with Crippen molar-refractivity contribution in [2.75, 3.05) is 7.11 Å². The minimum Gasteiger partial charge on any atom is -0.481 e. The summed E-state index contributed by atoms with van der Waals surface area (Å²) in [6, 6.07) is 12.6. The number of hydrogen-bond donors (Lipinski definition) is 0. The summed E-state index contributed by atoms with van der Waals surface area (Å²) in [5.74, 6) is 0.714. The van der Waals surface area contributed by atoms with Crippen molar-refractivity contribution in [2.24, 2.45) is 0 Å². The van der Waals surface area contributed by atoms with Gasteiger partial charge in [-0.25, -0.2) is 4.98 Å². The fraction of sp³-hybridized carbons (Fsp3) is 0.188. The number of aryl methyl sites for hydroxylation is 1. The third-order valence-electron chi connectivity index (χ3n) is 3.17. The third-order valence-corrected chi connectivity index (χ3v) is 4.66. The largest absolute Gasteiger partial charge is 0.481 e. The molecule has 0 radical (unpaired) electrons. The normalized spacial score (nSPS) is 10.9. The number of aromatic nitrogens is 1. The van der Waals surface area contributed by atoms with Crippen LogP contribution in [0.15, 0.2) is 40.9 Å². The summed E-state index contributed by atoms with van der Waals surface area (Å²) >= 11 is 5.32. The first-order valence-corrected chi connectivity index (χ1v) is 7.95. The lowest BCUT2D eigenvalue weighted by atomic mass is 10.1. The van der Waals surface area contributed by atoms with Crippen molar-refractivity contribution in [1.82, 2.24) is 4.98 Å². The number of benzene rings is 1. The summed E-state index contributed by atoms with van der Waals surface area (Å²) in [6.45, 7) is 2.13. The Hall–Kier alpha value is -1.39. The van der Waals surface area contributed by atoms with Crippen molar-refractivity contribution in [3.8, 4) is 5.88 Å². The Labute approximate surface area is 130 Å². The van der Waals surface area contributed by atoms with Crippen molar-refractivity contribution >= 4 is 38.2 Å². The topological polar surface area (TPSA) is 22.1 Å². The van der Waals surface area contributed by atoms with Crippen LogP contribution in [0.1, 0.15) is 15.3 Å². The number of ether oxygens (including phenoxy) is 1. The number of nitrogens with zero attached hydrogens (tertiary/aromatic N) is 1. The van der Waals surface area contributed by atoms with Crippen LogP contribution in [0.5, 0.6) is 5.88 Å². The molecule has 0 aliphatic carbocycles. The molecular formula is C16H14BrNOS. The lowest BCUT2D eigenvalue weighted by molar-refractivity contribution is 0.395. The van der Waals surface area contributed by atoms with Crippen LogP contribution in [-0.4, -0.2) is 12.1 Å². The van der Waals surface area contributed by atoms with Crippen molar-refractivity contribution < 1.29 is 4.74 Å². The Morgan fingerprint density at radius 1 is 1.20 bits per heavy atom. The van der Waals surface area contributed by atoms with E-state index >= 15 is 0 Å². The molecule has 20 heavy (non-hydrogen) atoms. The second-order valence-electron chi connectivity index (χ2n) is 4.68. The van der Waals surface area contributed by atoms with E-state index in [1.165, 1.54) is 9.75 Å². The number of pyridine rings is 1. The average Bonchev–Trinajstić information content (AvgIpc) is 2.83. The predicted molar refractivity (Wildman–Crippen MR) is 87.9 cm³/mol. The van der Waals surface area contributed by atoms with E-state index in [4.69, 9.17) is 4.74 Å². The molecule has 102 valence electrons. The van der Waals surface area contributed by atoms with Gasteiger partial charge in [-0.3, -0.25) is 0 Å². The lowest BCUT2D eigenvalue weighted by Gasteiger charge is -2.09. The van der Waals surface area contributed by atoms with E-state index in [0.29, 0.717) is 5.88 Å². The minimum atomic E-state index is 0.714. The number of rotatable bonds is 3. The number of thiophene rings is 1. The molecule has 0 unspecified atom stereocenters. The Kier molecular flexibility index (Phi) is 3.76. The molecule has 3 aromatic rings. The Morgan fingerprint density at radius 2 is 2.05 bits per heavy atom. The molecule has 2 heterocycles. The van der Waals surface area contributed by atoms with Gasteiger partial charge in [0.1, 0.15) is 0 Å². The third kappa shape index (κ3) is 2.72. The molecule has 0 fully saturated rings. The molecule has 0 aliphatic rings. The summed E-state index contributed by atoms with van der Waals surface area (Å²) in [4.78, 5) is 7.26. The molecule has 1 aromatic carbocycles. The molecule has 4 heteroatoms. The van der Waals surface area contributed by atoms with Gasteiger partial charge in [-0.1, -0.05) is 15.9 Å². The Balaban J connectivity index is 2.07. The zero-order chi connectivity index (χ0) is 14.1. The van der Waals surface area contributed by atoms with Crippen LogP contribution in [0.3, 0.4) is 0 Å². The summed E-state index contributed by atoms with van der Waals surface area (Å²) in [5.41, 5.74) is 2.08. The highest BCUT2D eigenvalue weighted by Crippen LogP contribution is 2.28. The number of hydrogen-bond acceptors (Lipinski definition) is 3. The molecule has 0 bridgehead atoms. The maximum Gasteiger partial charge on any atom is 0.217 e. The molecular weight excluding hydrogens is 334 g/mol. The molecule has 2 aromatic heterocycles. The van der Waals surface area contributed by atoms with Crippen molar-refractivity contribution in [3.63, 3.8) is 0 Å². The lowest BCUT2D eigenvalue weighted by Crippen LogP contribution is -1.96. The van der Waals surface area contributed by atoms with Gasteiger partial charge in [-0.15, -0.1) is 11.3 Å². The maximum absolute atomic E-state index is 5.44. The van der Waals surface area contributed by atoms with E-state index in [1.54, 1.807) is 7.11 Å². The fourth-order valence-electron chi connectivity index (χ4n) is 2.24. The average molecular weight is 348 g/mol. The van der Waals surface area contributed by atoms with Gasteiger partial charge in [0.05, 0.1) is 12.6 Å². The van der Waals surface area contributed by atoms with Gasteiger partial charge in [0.25, 0.3) is 0 Å². The van der Waals surface area contributed by atoms with Crippen LogP contribution in [0.25, 0.3) is 10.9 Å². The molecule has 0 atom stereocenters. The maximum atomic E-state index is 5.44.